The van der Waals surface area contributed by atoms with Gasteiger partial charge in [-0.05, 0) is 50.8 Å². The number of ketones is 1. The zero-order chi connectivity index (χ0) is 23.9. The molecule has 1 atom stereocenters. The molecule has 33 heavy (non-hydrogen) atoms. The van der Waals surface area contributed by atoms with Gasteiger partial charge in [0.2, 0.25) is 0 Å². The molecule has 2 aromatic rings. The normalized spacial score (nSPS) is 21.5. The highest BCUT2D eigenvalue weighted by Crippen LogP contribution is 2.53. The lowest BCUT2D eigenvalue weighted by molar-refractivity contribution is -0.143. The largest absolute Gasteiger partial charge is 0.507 e. The minimum absolute atomic E-state index is 0.148. The number of nitrogens with zero attached hydrogens (tertiary/aromatic N) is 3. The lowest BCUT2D eigenvalue weighted by Crippen LogP contribution is -2.53. The number of fused-ring (bicyclic) bond motifs is 2. The van der Waals surface area contributed by atoms with Crippen molar-refractivity contribution in [2.45, 2.75) is 18.9 Å². The molecule has 7 nitrogen and oxygen atoms in total. The average Bonchev–Trinajstić information content (AvgIpc) is 3.16. The van der Waals surface area contributed by atoms with Crippen LogP contribution in [0.15, 0.2) is 54.1 Å². The van der Waals surface area contributed by atoms with Crippen molar-refractivity contribution < 1.29 is 19.5 Å². The van der Waals surface area contributed by atoms with Crippen LogP contribution in [0.3, 0.4) is 0 Å². The Kier molecular flexibility index (Phi) is 6.03. The van der Waals surface area contributed by atoms with Gasteiger partial charge in [0.1, 0.15) is 5.76 Å². The second-order valence-corrected chi connectivity index (χ2v) is 8.94. The Morgan fingerprint density at radius 3 is 2.33 bits per heavy atom. The summed E-state index contributed by atoms with van der Waals surface area (Å²) in [6.45, 7) is 2.97. The van der Waals surface area contributed by atoms with Crippen molar-refractivity contribution in [3.63, 3.8) is 0 Å². The van der Waals surface area contributed by atoms with E-state index >= 15 is 0 Å². The fourth-order valence-electron chi connectivity index (χ4n) is 4.66. The van der Waals surface area contributed by atoms with Crippen LogP contribution in [-0.4, -0.2) is 66.2 Å². The van der Waals surface area contributed by atoms with Gasteiger partial charge in [0.05, 0.1) is 11.3 Å². The summed E-state index contributed by atoms with van der Waals surface area (Å²) in [4.78, 5) is 45.7. The lowest BCUT2D eigenvalue weighted by Gasteiger charge is -2.35. The number of hydrogen-bond acceptors (Lipinski definition) is 5. The van der Waals surface area contributed by atoms with Crippen molar-refractivity contribution in [1.29, 1.82) is 0 Å². The van der Waals surface area contributed by atoms with Gasteiger partial charge in [-0.1, -0.05) is 36.7 Å². The van der Waals surface area contributed by atoms with E-state index in [9.17, 15) is 19.5 Å². The number of likely N-dealkylation sites (tertiary alicyclic amines) is 1. The summed E-state index contributed by atoms with van der Waals surface area (Å²) in [5, 5.41) is 11.8. The summed E-state index contributed by atoms with van der Waals surface area (Å²) in [5.41, 5.74) is -0.451. The Morgan fingerprint density at radius 1 is 1.03 bits per heavy atom. The van der Waals surface area contributed by atoms with Gasteiger partial charge in [0.15, 0.2) is 5.54 Å². The van der Waals surface area contributed by atoms with Crippen LogP contribution in [-0.2, 0) is 19.9 Å². The predicted octanol–water partition coefficient (Wildman–Crippen LogP) is 3.23. The van der Waals surface area contributed by atoms with E-state index < -0.39 is 23.1 Å². The van der Waals surface area contributed by atoms with E-state index in [1.165, 1.54) is 4.90 Å². The number of aliphatic hydroxyl groups is 1. The van der Waals surface area contributed by atoms with Crippen molar-refractivity contribution in [2.24, 2.45) is 0 Å². The third-order valence-electron chi connectivity index (χ3n) is 6.14. The highest BCUT2D eigenvalue weighted by molar-refractivity contribution is 6.50. The van der Waals surface area contributed by atoms with E-state index in [1.807, 2.05) is 38.1 Å². The zero-order valence-corrected chi connectivity index (χ0v) is 19.6. The van der Waals surface area contributed by atoms with Crippen molar-refractivity contribution >= 4 is 40.6 Å². The molecule has 1 spiro atoms. The number of carbonyl (C=O) groups excluding carboxylic acids is 3. The second-order valence-electron chi connectivity index (χ2n) is 8.50. The molecule has 2 aliphatic heterocycles. The maximum Gasteiger partial charge on any atom is 0.296 e. The monoisotopic (exact) mass is 467 g/mol. The van der Waals surface area contributed by atoms with Crippen LogP contribution < -0.4 is 4.90 Å². The average molecular weight is 468 g/mol. The number of likely N-dealkylation sites (N-methyl/N-ethyl adjacent to an activating group) is 1. The van der Waals surface area contributed by atoms with Gasteiger partial charge in [-0.25, -0.2) is 0 Å². The molecule has 0 radical (unpaired) electrons. The molecule has 2 amide bonds. The summed E-state index contributed by atoms with van der Waals surface area (Å²) in [6, 6.07) is 13.5. The number of benzene rings is 2. The number of amides is 2. The summed E-state index contributed by atoms with van der Waals surface area (Å²) in [6.07, 6.45) is 0.692. The quantitative estimate of drug-likeness (QED) is 0.401. The SMILES string of the molecule is CCCN1C(=O)C2(/C(=C(\O)c3ccc(Cl)cc3)C(=O)C(=O)N2CCN(C)C)c2ccccc21. The van der Waals surface area contributed by atoms with Crippen LogP contribution in [0.5, 0.6) is 0 Å². The molecule has 0 aromatic heterocycles. The maximum atomic E-state index is 14.1. The van der Waals surface area contributed by atoms with E-state index in [-0.39, 0.29) is 17.9 Å². The van der Waals surface area contributed by atoms with E-state index in [4.69, 9.17) is 11.6 Å². The molecule has 2 aliphatic rings. The summed E-state index contributed by atoms with van der Waals surface area (Å²) in [5.74, 6) is -2.46. The molecule has 0 saturated carbocycles. The fraction of sp³-hybridized carbons (Fsp3) is 0.320. The third-order valence-corrected chi connectivity index (χ3v) is 6.40. The van der Waals surface area contributed by atoms with Gasteiger partial charge < -0.3 is 19.8 Å². The molecular weight excluding hydrogens is 442 g/mol. The van der Waals surface area contributed by atoms with E-state index in [0.29, 0.717) is 41.3 Å². The Labute approximate surface area is 197 Å². The van der Waals surface area contributed by atoms with Crippen LogP contribution in [0.1, 0.15) is 24.5 Å². The molecule has 1 fully saturated rings. The molecule has 1 unspecified atom stereocenters. The Hall–Kier alpha value is -3.16. The van der Waals surface area contributed by atoms with Crippen LogP contribution in [0.25, 0.3) is 5.76 Å². The standard InChI is InChI=1S/C25H26ClN3O4/c1-4-13-28-19-8-6-5-7-18(19)25(24(28)33)20(21(30)16-9-11-17(26)12-10-16)22(31)23(32)29(25)15-14-27(2)3/h5-12,30H,4,13-15H2,1-3H3/b21-20-. The number of aliphatic hydroxyl groups excluding tert-OH is 1. The van der Waals surface area contributed by atoms with E-state index in [1.54, 1.807) is 41.3 Å². The molecule has 2 heterocycles. The van der Waals surface area contributed by atoms with Crippen LogP contribution in [0, 0.1) is 0 Å². The first-order valence-corrected chi connectivity index (χ1v) is 11.2. The maximum absolute atomic E-state index is 14.1. The van der Waals surface area contributed by atoms with Gasteiger partial charge >= 0.3 is 0 Å². The number of halogens is 1. The molecule has 4 rings (SSSR count). The molecule has 0 bridgehead atoms. The van der Waals surface area contributed by atoms with E-state index in [0.717, 1.165) is 0 Å². The topological polar surface area (TPSA) is 81.2 Å². The Bertz CT molecular complexity index is 1160. The van der Waals surface area contributed by atoms with Crippen LogP contribution >= 0.6 is 11.6 Å². The first-order chi connectivity index (χ1) is 15.7. The first kappa shape index (κ1) is 23.0. The van der Waals surface area contributed by atoms with Gasteiger partial charge in [-0.3, -0.25) is 14.4 Å². The van der Waals surface area contributed by atoms with Crippen molar-refractivity contribution in [3.8, 4) is 0 Å². The van der Waals surface area contributed by atoms with Crippen LogP contribution in [0.4, 0.5) is 5.69 Å². The van der Waals surface area contributed by atoms with Crippen molar-refractivity contribution in [1.82, 2.24) is 9.80 Å². The first-order valence-electron chi connectivity index (χ1n) is 10.9. The highest BCUT2D eigenvalue weighted by atomic mass is 35.5. The minimum Gasteiger partial charge on any atom is -0.507 e. The third kappa shape index (κ3) is 3.43. The van der Waals surface area contributed by atoms with Crippen molar-refractivity contribution in [2.75, 3.05) is 38.6 Å². The molecule has 172 valence electrons. The van der Waals surface area contributed by atoms with Gasteiger partial charge in [0, 0.05) is 35.8 Å². The molecule has 1 N–H and O–H groups in total. The number of carbonyl (C=O) groups is 3. The molecule has 8 heteroatoms. The molecular formula is C25H26ClN3O4. The van der Waals surface area contributed by atoms with Gasteiger partial charge in [0.25, 0.3) is 17.6 Å². The number of Topliss-reactive ketones (excluding diaryl/α,β-unsaturated/α-hetero) is 1. The number of anilines is 1. The smallest absolute Gasteiger partial charge is 0.296 e. The van der Waals surface area contributed by atoms with Gasteiger partial charge in [-0.15, -0.1) is 0 Å². The number of para-hydroxylation sites is 1. The Balaban J connectivity index is 2.04. The number of rotatable bonds is 6. The summed E-state index contributed by atoms with van der Waals surface area (Å²) >= 11 is 5.99. The summed E-state index contributed by atoms with van der Waals surface area (Å²) < 4.78 is 0. The van der Waals surface area contributed by atoms with Crippen LogP contribution in [0.2, 0.25) is 5.02 Å². The Morgan fingerprint density at radius 2 is 1.70 bits per heavy atom. The lowest BCUT2D eigenvalue weighted by atomic mass is 9.82. The minimum atomic E-state index is -1.72. The van der Waals surface area contributed by atoms with E-state index in [2.05, 4.69) is 0 Å². The predicted molar refractivity (Wildman–Crippen MR) is 127 cm³/mol. The molecule has 0 aliphatic carbocycles. The second kappa shape index (κ2) is 8.65. The fourth-order valence-corrected chi connectivity index (χ4v) is 4.79. The van der Waals surface area contributed by atoms with Gasteiger partial charge in [-0.2, -0.15) is 0 Å². The molecule has 1 saturated heterocycles. The zero-order valence-electron chi connectivity index (χ0n) is 18.8. The molecule has 2 aromatic carbocycles. The summed E-state index contributed by atoms with van der Waals surface area (Å²) in [7, 11) is 3.70. The van der Waals surface area contributed by atoms with Crippen molar-refractivity contribution in [3.05, 3.63) is 70.3 Å². The highest BCUT2D eigenvalue weighted by Gasteiger charge is 2.66. The number of hydrogen-bond donors (Lipinski definition) is 1.